The van der Waals surface area contributed by atoms with Crippen LogP contribution in [0.1, 0.15) is 25.7 Å². The van der Waals surface area contributed by atoms with Gasteiger partial charge in [0.25, 0.3) is 0 Å². The molecule has 0 amide bonds. The molecule has 3 rings (SSSR count). The molecule has 0 radical (unpaired) electrons. The normalized spacial score (nSPS) is 34.6. The summed E-state index contributed by atoms with van der Waals surface area (Å²) in [6.07, 6.45) is 5.26. The average Bonchev–Trinajstić information content (AvgIpc) is 2.48. The molecule has 3 fully saturated rings. The van der Waals surface area contributed by atoms with Gasteiger partial charge in [0.2, 0.25) is 0 Å². The molecule has 1 aliphatic carbocycles. The number of aliphatic hydroxyl groups excluding tert-OH is 1. The van der Waals surface area contributed by atoms with Crippen molar-refractivity contribution in [1.82, 2.24) is 15.1 Å². The van der Waals surface area contributed by atoms with Gasteiger partial charge in [-0.05, 0) is 12.8 Å². The molecule has 3 atom stereocenters. The lowest BCUT2D eigenvalue weighted by atomic mass is 9.90. The number of β-amino-alcohol motifs (C(OH)–C–C–N with tert-alkyl or cyclic N) is 1. The molecule has 2 heterocycles. The van der Waals surface area contributed by atoms with Crippen LogP contribution in [-0.2, 0) is 4.74 Å². The third kappa shape index (κ3) is 3.71. The van der Waals surface area contributed by atoms with Crippen LogP contribution in [0, 0.1) is 0 Å². The molecule has 2 saturated heterocycles. The van der Waals surface area contributed by atoms with Crippen molar-refractivity contribution in [3.05, 3.63) is 0 Å². The second-order valence-corrected chi connectivity index (χ2v) is 6.46. The van der Waals surface area contributed by atoms with Crippen molar-refractivity contribution < 1.29 is 9.84 Å². The third-order valence-electron chi connectivity index (χ3n) is 4.97. The number of aliphatic hydroxyl groups is 1. The molecule has 5 heteroatoms. The molecular weight excluding hydrogens is 254 g/mol. The Bertz CT molecular complexity index is 295. The highest BCUT2D eigenvalue weighted by Crippen LogP contribution is 2.28. The second kappa shape index (κ2) is 7.18. The fourth-order valence-corrected chi connectivity index (χ4v) is 3.92. The summed E-state index contributed by atoms with van der Waals surface area (Å²) in [6.45, 7) is 7.68. The van der Waals surface area contributed by atoms with Crippen molar-refractivity contribution in [1.29, 1.82) is 0 Å². The van der Waals surface area contributed by atoms with Crippen molar-refractivity contribution in [2.75, 3.05) is 52.4 Å². The SMILES string of the molecule is OC(CN1CCNCC1)CN1CCOC2CCCCC21. The number of nitrogens with one attached hydrogen (secondary N) is 1. The first-order valence-corrected chi connectivity index (χ1v) is 8.30. The number of rotatable bonds is 4. The molecule has 0 spiro atoms. The van der Waals surface area contributed by atoms with Gasteiger partial charge in [-0.1, -0.05) is 12.8 Å². The molecule has 0 aromatic carbocycles. The van der Waals surface area contributed by atoms with Crippen LogP contribution in [0.3, 0.4) is 0 Å². The number of piperazine rings is 1. The first kappa shape index (κ1) is 14.7. The highest BCUT2D eigenvalue weighted by molar-refractivity contribution is 4.88. The predicted octanol–water partition coefficient (Wildman–Crippen LogP) is -0.104. The summed E-state index contributed by atoms with van der Waals surface area (Å²) in [7, 11) is 0. The molecular formula is C15H29N3O2. The molecule has 116 valence electrons. The van der Waals surface area contributed by atoms with E-state index in [4.69, 9.17) is 4.74 Å². The van der Waals surface area contributed by atoms with Crippen molar-refractivity contribution in [2.45, 2.75) is 43.9 Å². The van der Waals surface area contributed by atoms with Gasteiger partial charge in [0, 0.05) is 51.9 Å². The number of nitrogens with zero attached hydrogens (tertiary/aromatic N) is 2. The molecule has 2 aliphatic heterocycles. The summed E-state index contributed by atoms with van der Waals surface area (Å²) < 4.78 is 5.90. The average molecular weight is 283 g/mol. The van der Waals surface area contributed by atoms with Crippen LogP contribution in [0.4, 0.5) is 0 Å². The number of hydrogen-bond donors (Lipinski definition) is 2. The Morgan fingerprint density at radius 1 is 1.10 bits per heavy atom. The Kier molecular flexibility index (Phi) is 5.29. The van der Waals surface area contributed by atoms with Gasteiger partial charge in [-0.25, -0.2) is 0 Å². The van der Waals surface area contributed by atoms with Crippen molar-refractivity contribution >= 4 is 0 Å². The summed E-state index contributed by atoms with van der Waals surface area (Å²) in [4.78, 5) is 4.86. The quantitative estimate of drug-likeness (QED) is 0.754. The van der Waals surface area contributed by atoms with Crippen molar-refractivity contribution in [3.8, 4) is 0 Å². The van der Waals surface area contributed by atoms with Gasteiger partial charge in [-0.2, -0.15) is 0 Å². The molecule has 20 heavy (non-hydrogen) atoms. The number of hydrogen-bond acceptors (Lipinski definition) is 5. The predicted molar refractivity (Wildman–Crippen MR) is 78.9 cm³/mol. The van der Waals surface area contributed by atoms with Crippen LogP contribution >= 0.6 is 0 Å². The van der Waals surface area contributed by atoms with E-state index in [-0.39, 0.29) is 6.10 Å². The maximum atomic E-state index is 10.4. The summed E-state index contributed by atoms with van der Waals surface area (Å²) in [5, 5.41) is 13.8. The highest BCUT2D eigenvalue weighted by Gasteiger charge is 2.34. The fraction of sp³-hybridized carbons (Fsp3) is 1.00. The summed E-state index contributed by atoms with van der Waals surface area (Å²) in [6, 6.07) is 0.551. The zero-order chi connectivity index (χ0) is 13.8. The van der Waals surface area contributed by atoms with Crippen LogP contribution in [0.2, 0.25) is 0 Å². The first-order valence-electron chi connectivity index (χ1n) is 8.30. The Hall–Kier alpha value is -0.200. The minimum absolute atomic E-state index is 0.228. The van der Waals surface area contributed by atoms with E-state index in [9.17, 15) is 5.11 Å². The van der Waals surface area contributed by atoms with Crippen molar-refractivity contribution in [2.24, 2.45) is 0 Å². The van der Waals surface area contributed by atoms with Crippen LogP contribution in [0.5, 0.6) is 0 Å². The minimum Gasteiger partial charge on any atom is -0.390 e. The van der Waals surface area contributed by atoms with Gasteiger partial charge < -0.3 is 15.2 Å². The first-order chi connectivity index (χ1) is 9.83. The van der Waals surface area contributed by atoms with E-state index >= 15 is 0 Å². The highest BCUT2D eigenvalue weighted by atomic mass is 16.5. The molecule has 3 aliphatic rings. The van der Waals surface area contributed by atoms with E-state index in [1.165, 1.54) is 25.7 Å². The molecule has 0 bridgehead atoms. The topological polar surface area (TPSA) is 48.0 Å². The maximum absolute atomic E-state index is 10.4. The van der Waals surface area contributed by atoms with Gasteiger partial charge in [0.1, 0.15) is 0 Å². The molecule has 3 unspecified atom stereocenters. The zero-order valence-corrected chi connectivity index (χ0v) is 12.5. The lowest BCUT2D eigenvalue weighted by Crippen LogP contribution is -2.56. The van der Waals surface area contributed by atoms with E-state index in [1.54, 1.807) is 0 Å². The molecule has 1 saturated carbocycles. The van der Waals surface area contributed by atoms with Crippen LogP contribution in [0.15, 0.2) is 0 Å². The Balaban J connectivity index is 1.47. The Labute approximate surface area is 122 Å². The fourth-order valence-electron chi connectivity index (χ4n) is 3.92. The van der Waals surface area contributed by atoms with E-state index in [0.717, 1.165) is 52.4 Å². The minimum atomic E-state index is -0.228. The zero-order valence-electron chi connectivity index (χ0n) is 12.5. The Morgan fingerprint density at radius 2 is 1.90 bits per heavy atom. The van der Waals surface area contributed by atoms with E-state index in [0.29, 0.717) is 12.1 Å². The van der Waals surface area contributed by atoms with Gasteiger partial charge in [0.05, 0.1) is 18.8 Å². The molecule has 2 N–H and O–H groups in total. The summed E-state index contributed by atoms with van der Waals surface area (Å²) in [5.74, 6) is 0. The van der Waals surface area contributed by atoms with E-state index in [1.807, 2.05) is 0 Å². The van der Waals surface area contributed by atoms with E-state index < -0.39 is 0 Å². The molecule has 5 nitrogen and oxygen atoms in total. The van der Waals surface area contributed by atoms with E-state index in [2.05, 4.69) is 15.1 Å². The van der Waals surface area contributed by atoms with Crippen LogP contribution < -0.4 is 5.32 Å². The van der Waals surface area contributed by atoms with Crippen molar-refractivity contribution in [3.63, 3.8) is 0 Å². The van der Waals surface area contributed by atoms with Gasteiger partial charge >= 0.3 is 0 Å². The summed E-state index contributed by atoms with van der Waals surface area (Å²) in [5.41, 5.74) is 0. The Morgan fingerprint density at radius 3 is 2.75 bits per heavy atom. The smallest absolute Gasteiger partial charge is 0.0793 e. The van der Waals surface area contributed by atoms with Gasteiger partial charge in [-0.3, -0.25) is 9.80 Å². The van der Waals surface area contributed by atoms with Gasteiger partial charge in [0.15, 0.2) is 0 Å². The number of ether oxygens (including phenoxy) is 1. The van der Waals surface area contributed by atoms with Crippen LogP contribution in [-0.4, -0.2) is 85.6 Å². The standard InChI is InChI=1S/C15H29N3O2/c19-13(11-17-7-5-16-6-8-17)12-18-9-10-20-15-4-2-1-3-14(15)18/h13-16,19H,1-12H2. The third-order valence-corrected chi connectivity index (χ3v) is 4.97. The lowest BCUT2D eigenvalue weighted by Gasteiger charge is -2.44. The molecule has 0 aromatic heterocycles. The molecule has 0 aromatic rings. The number of morpholine rings is 1. The lowest BCUT2D eigenvalue weighted by molar-refractivity contribution is -0.0987. The monoisotopic (exact) mass is 283 g/mol. The van der Waals surface area contributed by atoms with Gasteiger partial charge in [-0.15, -0.1) is 0 Å². The van der Waals surface area contributed by atoms with Crippen LogP contribution in [0.25, 0.3) is 0 Å². The summed E-state index contributed by atoms with van der Waals surface area (Å²) >= 11 is 0. The second-order valence-electron chi connectivity index (χ2n) is 6.46. The number of fused-ring (bicyclic) bond motifs is 1. The maximum Gasteiger partial charge on any atom is 0.0793 e. The largest absolute Gasteiger partial charge is 0.390 e.